The predicted octanol–water partition coefficient (Wildman–Crippen LogP) is 17.2. The van der Waals surface area contributed by atoms with Crippen LogP contribution in [-0.2, 0) is 28.6 Å². The van der Waals surface area contributed by atoms with E-state index in [1.807, 2.05) is 0 Å². The fraction of sp³-hybridized carbons (Fsp3) is 0.702. The average molecular weight is 877 g/mol. The molecule has 0 aliphatic carbocycles. The zero-order valence-electron chi connectivity index (χ0n) is 41.1. The van der Waals surface area contributed by atoms with Crippen LogP contribution in [0.15, 0.2) is 85.1 Å². The van der Waals surface area contributed by atoms with Gasteiger partial charge in [-0.3, -0.25) is 14.4 Å². The summed E-state index contributed by atoms with van der Waals surface area (Å²) < 4.78 is 16.8. The normalized spacial score (nSPS) is 12.7. The molecule has 0 bridgehead atoms. The number of carbonyl (C=O) groups excluding carboxylic acids is 3. The Kier molecular flexibility index (Phi) is 48.5. The third-order valence-corrected chi connectivity index (χ3v) is 10.9. The molecule has 0 rings (SSSR count). The summed E-state index contributed by atoms with van der Waals surface area (Å²) in [7, 11) is 0. The van der Waals surface area contributed by atoms with Gasteiger partial charge in [0.2, 0.25) is 0 Å². The van der Waals surface area contributed by atoms with Crippen molar-refractivity contribution in [3.63, 3.8) is 0 Å². The predicted molar refractivity (Wildman–Crippen MR) is 270 cm³/mol. The van der Waals surface area contributed by atoms with E-state index in [0.29, 0.717) is 19.3 Å². The van der Waals surface area contributed by atoms with Crippen molar-refractivity contribution in [2.24, 2.45) is 0 Å². The van der Waals surface area contributed by atoms with Gasteiger partial charge in [0, 0.05) is 19.3 Å². The molecule has 6 heteroatoms. The Balaban J connectivity index is 4.45. The molecule has 0 radical (unpaired) electrons. The fourth-order valence-electron chi connectivity index (χ4n) is 7.04. The van der Waals surface area contributed by atoms with E-state index < -0.39 is 6.10 Å². The lowest BCUT2D eigenvalue weighted by atomic mass is 10.0. The molecule has 1 atom stereocenters. The van der Waals surface area contributed by atoms with E-state index in [9.17, 15) is 14.4 Å². The van der Waals surface area contributed by atoms with Crippen molar-refractivity contribution in [2.45, 2.75) is 245 Å². The fourth-order valence-corrected chi connectivity index (χ4v) is 7.04. The summed E-state index contributed by atoms with van der Waals surface area (Å²) in [5.41, 5.74) is 0. The van der Waals surface area contributed by atoms with Gasteiger partial charge in [0.1, 0.15) is 13.2 Å². The van der Waals surface area contributed by atoms with Gasteiger partial charge in [0.05, 0.1) is 0 Å². The Labute approximate surface area is 388 Å². The first kappa shape index (κ1) is 59.6. The molecule has 0 aliphatic heterocycles. The Bertz CT molecular complexity index is 1240. The number of unbranched alkanes of at least 4 members (excludes halogenated alkanes) is 21. The lowest BCUT2D eigenvalue weighted by Gasteiger charge is -2.18. The number of hydrogen-bond acceptors (Lipinski definition) is 6. The van der Waals surface area contributed by atoms with E-state index in [0.717, 1.165) is 135 Å². The van der Waals surface area contributed by atoms with Crippen LogP contribution in [0, 0.1) is 0 Å². The molecule has 1 unspecified atom stereocenters. The summed E-state index contributed by atoms with van der Waals surface area (Å²) in [6, 6.07) is 0. The van der Waals surface area contributed by atoms with E-state index >= 15 is 0 Å². The molecule has 0 heterocycles. The van der Waals surface area contributed by atoms with E-state index in [1.54, 1.807) is 0 Å². The second kappa shape index (κ2) is 51.2. The number of rotatable bonds is 46. The van der Waals surface area contributed by atoms with Gasteiger partial charge in [-0.05, 0) is 89.9 Å². The largest absolute Gasteiger partial charge is 0.462 e. The molecule has 6 nitrogen and oxygen atoms in total. The van der Waals surface area contributed by atoms with Gasteiger partial charge in [-0.1, -0.05) is 215 Å². The Hall–Kier alpha value is -3.41. The summed E-state index contributed by atoms with van der Waals surface area (Å²) in [5.74, 6) is -0.931. The number of esters is 3. The zero-order valence-corrected chi connectivity index (χ0v) is 41.1. The first-order chi connectivity index (χ1) is 31.0. The second-order valence-electron chi connectivity index (χ2n) is 17.0. The standard InChI is InChI=1S/C57H96O6/c1-4-7-10-13-16-19-22-25-27-28-30-32-35-38-41-44-47-50-56(59)62-53-54(52-61-55(58)49-46-43-40-37-34-31-24-21-18-15-12-9-6-3)63-57(60)51-48-45-42-39-36-33-29-26-23-20-17-14-11-8-5-2/h7-8,10-11,16-17,19-20,25-27,29-30,32,54H,4-6,9,12-15,18,21-24,28,31,33-53H2,1-3H3/b10-7-,11-8-,19-16-,20-17-,27-25-,29-26-,32-30-. The quantitative estimate of drug-likeness (QED) is 0.0262. The van der Waals surface area contributed by atoms with Crippen LogP contribution in [0.4, 0.5) is 0 Å². The van der Waals surface area contributed by atoms with Crippen molar-refractivity contribution >= 4 is 17.9 Å². The topological polar surface area (TPSA) is 78.9 Å². The molecule has 63 heavy (non-hydrogen) atoms. The highest BCUT2D eigenvalue weighted by molar-refractivity contribution is 5.71. The number of allylic oxidation sites excluding steroid dienone is 14. The van der Waals surface area contributed by atoms with Crippen molar-refractivity contribution in [1.82, 2.24) is 0 Å². The van der Waals surface area contributed by atoms with Gasteiger partial charge in [-0.25, -0.2) is 0 Å². The number of ether oxygens (including phenoxy) is 3. The van der Waals surface area contributed by atoms with Gasteiger partial charge >= 0.3 is 17.9 Å². The molecule has 0 aromatic heterocycles. The lowest BCUT2D eigenvalue weighted by molar-refractivity contribution is -0.167. The van der Waals surface area contributed by atoms with Crippen LogP contribution < -0.4 is 0 Å². The highest BCUT2D eigenvalue weighted by atomic mass is 16.6. The minimum absolute atomic E-state index is 0.0905. The molecule has 0 fully saturated rings. The van der Waals surface area contributed by atoms with Crippen LogP contribution in [0.3, 0.4) is 0 Å². The summed E-state index contributed by atoms with van der Waals surface area (Å²) >= 11 is 0. The third kappa shape index (κ3) is 49.5. The highest BCUT2D eigenvalue weighted by Gasteiger charge is 2.19. The van der Waals surface area contributed by atoms with Gasteiger partial charge in [0.25, 0.3) is 0 Å². The molecule has 0 aliphatic rings. The van der Waals surface area contributed by atoms with Crippen LogP contribution in [0.5, 0.6) is 0 Å². The first-order valence-corrected chi connectivity index (χ1v) is 26.1. The number of carbonyl (C=O) groups is 3. The summed E-state index contributed by atoms with van der Waals surface area (Å²) in [5, 5.41) is 0. The SMILES string of the molecule is CC/C=C\C/C=C\C/C=C\C/C=C\CCCCCCC(=O)OCC(COC(=O)CCCCCCCCCCCCCCC)OC(=O)CCCCCCC/C=C\C/C=C\C/C=C\CC. The van der Waals surface area contributed by atoms with Crippen molar-refractivity contribution in [2.75, 3.05) is 13.2 Å². The molecule has 0 aromatic rings. The van der Waals surface area contributed by atoms with Crippen LogP contribution >= 0.6 is 0 Å². The van der Waals surface area contributed by atoms with E-state index in [-0.39, 0.29) is 31.1 Å². The van der Waals surface area contributed by atoms with E-state index in [1.165, 1.54) is 64.2 Å². The van der Waals surface area contributed by atoms with E-state index in [4.69, 9.17) is 14.2 Å². The minimum atomic E-state index is -0.794. The van der Waals surface area contributed by atoms with Gasteiger partial charge in [-0.2, -0.15) is 0 Å². The first-order valence-electron chi connectivity index (χ1n) is 26.1. The van der Waals surface area contributed by atoms with Crippen molar-refractivity contribution in [1.29, 1.82) is 0 Å². The maximum atomic E-state index is 12.8. The molecular formula is C57H96O6. The van der Waals surface area contributed by atoms with Crippen LogP contribution in [0.2, 0.25) is 0 Å². The van der Waals surface area contributed by atoms with Crippen molar-refractivity contribution in [3.05, 3.63) is 85.1 Å². The molecule has 0 N–H and O–H groups in total. The molecule has 0 aromatic carbocycles. The minimum Gasteiger partial charge on any atom is -0.462 e. The Morgan fingerprint density at radius 2 is 0.619 bits per heavy atom. The second-order valence-corrected chi connectivity index (χ2v) is 17.0. The summed E-state index contributed by atoms with van der Waals surface area (Å²) in [4.78, 5) is 38.0. The molecule has 0 amide bonds. The van der Waals surface area contributed by atoms with Crippen LogP contribution in [0.25, 0.3) is 0 Å². The van der Waals surface area contributed by atoms with Gasteiger partial charge < -0.3 is 14.2 Å². The molecular weight excluding hydrogens is 781 g/mol. The monoisotopic (exact) mass is 877 g/mol. The Morgan fingerprint density at radius 3 is 0.968 bits per heavy atom. The van der Waals surface area contributed by atoms with Gasteiger partial charge in [0.15, 0.2) is 6.10 Å². The third-order valence-electron chi connectivity index (χ3n) is 10.9. The molecule has 0 spiro atoms. The summed E-state index contributed by atoms with van der Waals surface area (Å²) in [6.45, 7) is 6.38. The molecule has 0 saturated carbocycles. The van der Waals surface area contributed by atoms with Crippen molar-refractivity contribution in [3.8, 4) is 0 Å². The van der Waals surface area contributed by atoms with Crippen LogP contribution in [0.1, 0.15) is 239 Å². The summed E-state index contributed by atoms with van der Waals surface area (Å²) in [6.07, 6.45) is 65.6. The van der Waals surface area contributed by atoms with Crippen molar-refractivity contribution < 1.29 is 28.6 Å². The Morgan fingerprint density at radius 1 is 0.333 bits per heavy atom. The zero-order chi connectivity index (χ0) is 45.8. The van der Waals surface area contributed by atoms with Crippen LogP contribution in [-0.4, -0.2) is 37.2 Å². The smallest absolute Gasteiger partial charge is 0.306 e. The average Bonchev–Trinajstić information content (AvgIpc) is 3.28. The molecule has 360 valence electrons. The lowest BCUT2D eigenvalue weighted by Crippen LogP contribution is -2.30. The number of hydrogen-bond donors (Lipinski definition) is 0. The van der Waals surface area contributed by atoms with Gasteiger partial charge in [-0.15, -0.1) is 0 Å². The maximum Gasteiger partial charge on any atom is 0.306 e. The maximum absolute atomic E-state index is 12.8. The van der Waals surface area contributed by atoms with E-state index in [2.05, 4.69) is 106 Å². The molecule has 0 saturated heterocycles. The highest BCUT2D eigenvalue weighted by Crippen LogP contribution is 2.15.